The summed E-state index contributed by atoms with van der Waals surface area (Å²) in [6, 6.07) is 29.1. The third kappa shape index (κ3) is 10.6. The van der Waals surface area contributed by atoms with Gasteiger partial charge in [0.25, 0.3) is 0 Å². The van der Waals surface area contributed by atoms with Gasteiger partial charge in [-0.2, -0.15) is 0 Å². The van der Waals surface area contributed by atoms with E-state index in [2.05, 4.69) is 10.6 Å². The maximum atomic E-state index is 13.8. The van der Waals surface area contributed by atoms with Crippen molar-refractivity contribution in [2.75, 3.05) is 26.4 Å². The molecule has 2 aliphatic carbocycles. The van der Waals surface area contributed by atoms with Crippen molar-refractivity contribution in [2.24, 2.45) is 11.8 Å². The van der Waals surface area contributed by atoms with E-state index in [1.54, 1.807) is 13.8 Å². The van der Waals surface area contributed by atoms with Gasteiger partial charge in [-0.1, -0.05) is 138 Å². The van der Waals surface area contributed by atoms with E-state index in [-0.39, 0.29) is 25.0 Å². The molecule has 0 radical (unpaired) electrons. The first-order chi connectivity index (χ1) is 29.9. The Morgan fingerprint density at radius 2 is 0.919 bits per heavy atom. The molecule has 5 atom stereocenters. The number of hydrogen-bond acceptors (Lipinski definition) is 11. The van der Waals surface area contributed by atoms with Crippen molar-refractivity contribution >= 4 is 36.1 Å². The van der Waals surface area contributed by atoms with Crippen LogP contribution < -0.4 is 10.6 Å². The second kappa shape index (κ2) is 20.7. The van der Waals surface area contributed by atoms with Gasteiger partial charge < -0.3 is 39.4 Å². The Bertz CT molecular complexity index is 2180. The number of esters is 3. The summed E-state index contributed by atoms with van der Waals surface area (Å²) >= 11 is 0. The summed E-state index contributed by atoms with van der Waals surface area (Å²) < 4.78 is 27.7. The normalized spacial score (nSPS) is 14.9. The number of ether oxygens (including phenoxy) is 5. The summed E-state index contributed by atoms with van der Waals surface area (Å²) in [6.45, 7) is 5.83. The van der Waals surface area contributed by atoms with Gasteiger partial charge in [0.05, 0.1) is 0 Å². The molecule has 6 rings (SSSR count). The third-order valence-electron chi connectivity index (χ3n) is 11.6. The number of aliphatic carboxylic acids is 1. The van der Waals surface area contributed by atoms with Crippen molar-refractivity contribution in [3.05, 3.63) is 119 Å². The number of benzene rings is 4. The average Bonchev–Trinajstić information content (AvgIpc) is 3.77. The fourth-order valence-electron chi connectivity index (χ4n) is 7.85. The van der Waals surface area contributed by atoms with Crippen LogP contribution >= 0.6 is 0 Å². The molecule has 0 aliphatic heterocycles. The Hall–Kier alpha value is -6.70. The molecular formula is C48H52N2O12. The highest BCUT2D eigenvalue weighted by Crippen LogP contribution is 2.45. The number of carboxylic acid groups (broad SMARTS) is 1. The van der Waals surface area contributed by atoms with Crippen LogP contribution in [0.3, 0.4) is 0 Å². The van der Waals surface area contributed by atoms with Gasteiger partial charge in [0.15, 0.2) is 6.10 Å². The Labute approximate surface area is 360 Å². The van der Waals surface area contributed by atoms with Crippen LogP contribution in [-0.4, -0.2) is 85.8 Å². The van der Waals surface area contributed by atoms with Crippen molar-refractivity contribution < 1.29 is 57.6 Å². The molecule has 62 heavy (non-hydrogen) atoms. The van der Waals surface area contributed by atoms with Crippen molar-refractivity contribution in [2.45, 2.75) is 77.0 Å². The van der Waals surface area contributed by atoms with Crippen molar-refractivity contribution in [3.8, 4) is 22.3 Å². The van der Waals surface area contributed by atoms with Crippen molar-refractivity contribution in [1.82, 2.24) is 10.6 Å². The molecule has 0 fully saturated rings. The number of fused-ring (bicyclic) bond motifs is 6. The summed E-state index contributed by atoms with van der Waals surface area (Å²) in [5, 5.41) is 14.3. The molecular weight excluding hydrogens is 797 g/mol. The largest absolute Gasteiger partial charge is 0.481 e. The quantitative estimate of drug-likeness (QED) is 0.0483. The molecule has 4 aromatic rings. The number of carbonyl (C=O) groups excluding carboxylic acids is 5. The van der Waals surface area contributed by atoms with Crippen molar-refractivity contribution in [3.63, 3.8) is 0 Å². The molecule has 4 aromatic carbocycles. The fraction of sp³-hybridized carbons (Fsp3) is 0.375. The molecule has 1 unspecified atom stereocenters. The van der Waals surface area contributed by atoms with E-state index in [0.717, 1.165) is 44.5 Å². The lowest BCUT2D eigenvalue weighted by molar-refractivity contribution is -0.170. The summed E-state index contributed by atoms with van der Waals surface area (Å²) in [6.07, 6.45) is -3.18. The fourth-order valence-corrected chi connectivity index (χ4v) is 7.85. The van der Waals surface area contributed by atoms with Gasteiger partial charge in [0.2, 0.25) is 0 Å². The maximum absolute atomic E-state index is 13.8. The lowest BCUT2D eigenvalue weighted by atomic mass is 9.98. The molecule has 2 aliphatic rings. The molecule has 14 heteroatoms. The molecule has 0 aromatic heterocycles. The molecule has 326 valence electrons. The zero-order chi connectivity index (χ0) is 44.3. The van der Waals surface area contributed by atoms with Gasteiger partial charge in [-0.25, -0.2) is 19.2 Å². The summed E-state index contributed by atoms with van der Waals surface area (Å²) in [5.41, 5.74) is 8.30. The summed E-state index contributed by atoms with van der Waals surface area (Å²) in [4.78, 5) is 77.3. The van der Waals surface area contributed by atoms with Gasteiger partial charge in [0.1, 0.15) is 44.9 Å². The topological polar surface area (TPSA) is 193 Å². The average molecular weight is 849 g/mol. The number of alkyl carbamates (subject to hydrolysis) is 2. The van der Waals surface area contributed by atoms with Crippen LogP contribution in [-0.2, 0) is 42.9 Å². The van der Waals surface area contributed by atoms with E-state index >= 15 is 0 Å². The lowest BCUT2D eigenvalue weighted by Crippen LogP contribution is -2.49. The minimum absolute atomic E-state index is 0.00165. The first kappa shape index (κ1) is 44.8. The van der Waals surface area contributed by atoms with Crippen LogP contribution in [0.25, 0.3) is 22.3 Å². The second-order valence-electron chi connectivity index (χ2n) is 15.6. The number of carbonyl (C=O) groups is 6. The highest BCUT2D eigenvalue weighted by atomic mass is 16.6. The third-order valence-corrected chi connectivity index (χ3v) is 11.6. The molecule has 3 N–H and O–H groups in total. The zero-order valence-electron chi connectivity index (χ0n) is 35.2. The molecule has 0 saturated heterocycles. The minimum atomic E-state index is -1.44. The Morgan fingerprint density at radius 3 is 1.31 bits per heavy atom. The van der Waals surface area contributed by atoms with E-state index in [1.165, 1.54) is 0 Å². The highest BCUT2D eigenvalue weighted by Gasteiger charge is 2.35. The van der Waals surface area contributed by atoms with Gasteiger partial charge in [-0.05, 0) is 56.3 Å². The molecule has 0 saturated carbocycles. The first-order valence-corrected chi connectivity index (χ1v) is 20.9. The second-order valence-corrected chi connectivity index (χ2v) is 15.6. The summed E-state index contributed by atoms with van der Waals surface area (Å²) in [5.74, 6) is -5.67. The van der Waals surface area contributed by atoms with Gasteiger partial charge in [-0.3, -0.25) is 9.59 Å². The standard InChI is InChI=1S/C48H52N2O12/c1-5-28(3)43(49-47(56)60-26-39-35-19-11-7-15-31(35)32-16-8-12-20-36(32)39)45(54)59-25-30(24-58-42(53)23-41(51)52)62-46(55)44(29(4)6-2)50-48(57)61-27-40-37-21-13-9-17-33(37)34-18-10-14-22-38(34)40/h7-22,28-30,39-40,43-44H,5-6,23-27H2,1-4H3,(H,49,56)(H,50,57)(H,51,52)/t28-,29-,30?,43-,44-/m0/s1. The van der Waals surface area contributed by atoms with Gasteiger partial charge in [0, 0.05) is 11.8 Å². The lowest BCUT2D eigenvalue weighted by Gasteiger charge is -2.27. The molecule has 2 amide bonds. The van der Waals surface area contributed by atoms with E-state index < -0.39 is 85.7 Å². The summed E-state index contributed by atoms with van der Waals surface area (Å²) in [7, 11) is 0. The van der Waals surface area contributed by atoms with Crippen LogP contribution in [0.15, 0.2) is 97.1 Å². The van der Waals surface area contributed by atoms with Gasteiger partial charge in [-0.15, -0.1) is 0 Å². The van der Waals surface area contributed by atoms with Gasteiger partial charge >= 0.3 is 36.1 Å². The van der Waals surface area contributed by atoms with E-state index in [9.17, 15) is 28.8 Å². The highest BCUT2D eigenvalue weighted by molar-refractivity contribution is 5.90. The van der Waals surface area contributed by atoms with Crippen LogP contribution in [0.5, 0.6) is 0 Å². The monoisotopic (exact) mass is 848 g/mol. The zero-order valence-corrected chi connectivity index (χ0v) is 35.2. The number of carboxylic acids is 1. The molecule has 0 spiro atoms. The number of rotatable bonds is 19. The number of amides is 2. The molecule has 0 bridgehead atoms. The van der Waals surface area contributed by atoms with Crippen LogP contribution in [0.2, 0.25) is 0 Å². The smallest absolute Gasteiger partial charge is 0.407 e. The minimum Gasteiger partial charge on any atom is -0.481 e. The predicted molar refractivity (Wildman–Crippen MR) is 227 cm³/mol. The molecule has 14 nitrogen and oxygen atoms in total. The Kier molecular flexibility index (Phi) is 15.0. The van der Waals surface area contributed by atoms with Crippen molar-refractivity contribution in [1.29, 1.82) is 0 Å². The van der Waals surface area contributed by atoms with Crippen LogP contribution in [0, 0.1) is 11.8 Å². The Balaban J connectivity index is 1.08. The van der Waals surface area contributed by atoms with E-state index in [4.69, 9.17) is 28.8 Å². The maximum Gasteiger partial charge on any atom is 0.407 e. The molecule has 0 heterocycles. The number of nitrogens with one attached hydrogen (secondary N) is 2. The predicted octanol–water partition coefficient (Wildman–Crippen LogP) is 7.37. The van der Waals surface area contributed by atoms with Crippen LogP contribution in [0.4, 0.5) is 9.59 Å². The first-order valence-electron chi connectivity index (χ1n) is 20.9. The Morgan fingerprint density at radius 1 is 0.548 bits per heavy atom. The van der Waals surface area contributed by atoms with E-state index in [1.807, 2.05) is 111 Å². The number of hydrogen-bond donors (Lipinski definition) is 3. The van der Waals surface area contributed by atoms with E-state index in [0.29, 0.717) is 12.8 Å². The SMILES string of the molecule is CC[C@H](C)[C@H](NC(=O)OCC1c2ccccc2-c2ccccc21)C(=O)OCC(COC(=O)CC(=O)O)OC(=O)[C@@H](NC(=O)OCC1c2ccccc2-c2ccccc21)[C@@H](C)CC. The van der Waals surface area contributed by atoms with Crippen LogP contribution in [0.1, 0.15) is 81.0 Å².